The van der Waals surface area contributed by atoms with Crippen LogP contribution < -0.4 is 11.5 Å². The first-order chi connectivity index (χ1) is 9.81. The number of thiol groups is 2. The second kappa shape index (κ2) is 7.75. The molecule has 0 saturated carbocycles. The molecule has 0 radical (unpaired) electrons. The van der Waals surface area contributed by atoms with Crippen LogP contribution in [0.25, 0.3) is 0 Å². The Morgan fingerprint density at radius 1 is 0.905 bits per heavy atom. The Morgan fingerprint density at radius 2 is 1.24 bits per heavy atom. The normalized spacial score (nSPS) is 22.9. The molecule has 1 saturated heterocycles. The van der Waals surface area contributed by atoms with Gasteiger partial charge in [0, 0.05) is 11.5 Å². The summed E-state index contributed by atoms with van der Waals surface area (Å²) in [4.78, 5) is 45.4. The van der Waals surface area contributed by atoms with E-state index in [1.165, 1.54) is 0 Å². The number of carbonyl (C=O) groups is 4. The largest absolute Gasteiger partial charge is 0.390 e. The maximum atomic E-state index is 11.4. The van der Waals surface area contributed by atoms with Crippen LogP contribution in [0.15, 0.2) is 0 Å². The highest BCUT2D eigenvalue weighted by molar-refractivity contribution is 7.80. The van der Waals surface area contributed by atoms with Crippen molar-refractivity contribution in [3.8, 4) is 0 Å². The summed E-state index contributed by atoms with van der Waals surface area (Å²) in [5.41, 5.74) is 10.6. The average Bonchev–Trinajstić information content (AvgIpc) is 3.25. The van der Waals surface area contributed by atoms with Crippen LogP contribution in [0.5, 0.6) is 0 Å². The van der Waals surface area contributed by atoms with Gasteiger partial charge in [0.2, 0.25) is 0 Å². The van der Waals surface area contributed by atoms with Crippen LogP contribution in [0.2, 0.25) is 0 Å². The molecule has 1 aliphatic heterocycles. The zero-order valence-electron chi connectivity index (χ0n) is 10.6. The van der Waals surface area contributed by atoms with Crippen LogP contribution in [0.3, 0.4) is 0 Å². The van der Waals surface area contributed by atoms with Gasteiger partial charge in [0.1, 0.15) is 12.1 Å². The minimum absolute atomic E-state index is 0.0147. The van der Waals surface area contributed by atoms with Crippen molar-refractivity contribution in [2.45, 2.75) is 24.3 Å². The Morgan fingerprint density at radius 3 is 1.52 bits per heavy atom. The van der Waals surface area contributed by atoms with E-state index in [0.717, 1.165) is 0 Å². The molecule has 0 aromatic carbocycles. The molecule has 21 heavy (non-hydrogen) atoms. The van der Waals surface area contributed by atoms with Crippen LogP contribution in [0.1, 0.15) is 0 Å². The number of esters is 4. The fourth-order valence-corrected chi connectivity index (χ4v) is 1.38. The van der Waals surface area contributed by atoms with Crippen molar-refractivity contribution in [3.63, 3.8) is 0 Å². The average molecular weight is 338 g/mol. The lowest BCUT2D eigenvalue weighted by atomic mass is 10.3. The third kappa shape index (κ3) is 4.97. The van der Waals surface area contributed by atoms with Gasteiger partial charge in [-0.15, -0.1) is 0 Å². The standard InChI is InChI=1S/C10H14N2O7S2/c11-3(1-20)7(13)18-9(15)5-6(17-5)10(16)19-8(14)4(12)2-21/h3-6,20-21H,1-2,11-12H2/t3-,4-,5?,6?/m0/s1. The van der Waals surface area contributed by atoms with Gasteiger partial charge in [-0.2, -0.15) is 25.3 Å². The van der Waals surface area contributed by atoms with Gasteiger partial charge in [0.15, 0.2) is 12.2 Å². The van der Waals surface area contributed by atoms with Crippen LogP contribution >= 0.6 is 25.3 Å². The highest BCUT2D eigenvalue weighted by atomic mass is 32.1. The molecule has 1 rings (SSSR count). The summed E-state index contributed by atoms with van der Waals surface area (Å²) in [6.45, 7) is 0. The first-order valence-corrected chi connectivity index (χ1v) is 6.97. The topological polar surface area (TPSA) is 151 Å². The van der Waals surface area contributed by atoms with E-state index < -0.39 is 48.2 Å². The highest BCUT2D eigenvalue weighted by Gasteiger charge is 2.54. The number of carbonyl (C=O) groups excluding carboxylic acids is 4. The van der Waals surface area contributed by atoms with E-state index in [-0.39, 0.29) is 11.5 Å². The number of epoxide rings is 1. The molecule has 4 N–H and O–H groups in total. The maximum absolute atomic E-state index is 11.4. The summed E-state index contributed by atoms with van der Waals surface area (Å²) < 4.78 is 13.4. The molecular weight excluding hydrogens is 324 g/mol. The number of hydrogen-bond donors (Lipinski definition) is 4. The van der Waals surface area contributed by atoms with E-state index in [9.17, 15) is 19.2 Å². The molecule has 0 amide bonds. The number of rotatable bonds is 6. The molecule has 1 heterocycles. The second-order valence-electron chi connectivity index (χ2n) is 4.04. The Labute approximate surface area is 130 Å². The molecule has 9 nitrogen and oxygen atoms in total. The fourth-order valence-electron chi connectivity index (χ4n) is 1.09. The predicted molar refractivity (Wildman–Crippen MR) is 74.5 cm³/mol. The van der Waals surface area contributed by atoms with Crippen LogP contribution in [-0.4, -0.2) is 59.7 Å². The predicted octanol–water partition coefficient (Wildman–Crippen LogP) is -2.59. The molecule has 1 fully saturated rings. The van der Waals surface area contributed by atoms with E-state index >= 15 is 0 Å². The van der Waals surface area contributed by atoms with Crippen molar-refractivity contribution in [1.82, 2.24) is 0 Å². The number of ether oxygens (including phenoxy) is 3. The molecule has 11 heteroatoms. The van der Waals surface area contributed by atoms with E-state index in [1.54, 1.807) is 0 Å². The summed E-state index contributed by atoms with van der Waals surface area (Å²) >= 11 is 7.53. The van der Waals surface area contributed by atoms with Crippen molar-refractivity contribution >= 4 is 49.1 Å². The van der Waals surface area contributed by atoms with E-state index in [2.05, 4.69) is 34.7 Å². The smallest absolute Gasteiger partial charge is 0.346 e. The van der Waals surface area contributed by atoms with Gasteiger partial charge in [-0.3, -0.25) is 0 Å². The summed E-state index contributed by atoms with van der Waals surface area (Å²) in [5, 5.41) is 0. The molecule has 0 aromatic heterocycles. The van der Waals surface area contributed by atoms with Gasteiger partial charge in [-0.25, -0.2) is 19.2 Å². The lowest BCUT2D eigenvalue weighted by Gasteiger charge is -2.06. The first kappa shape index (κ1) is 17.9. The SMILES string of the molecule is N[C@@H](CS)C(=O)OC(=O)C1OC1C(=O)OC(=O)[C@@H](N)CS. The summed E-state index contributed by atoms with van der Waals surface area (Å²) in [7, 11) is 0. The van der Waals surface area contributed by atoms with Crippen molar-refractivity contribution in [2.75, 3.05) is 11.5 Å². The van der Waals surface area contributed by atoms with Crippen molar-refractivity contribution in [2.24, 2.45) is 11.5 Å². The van der Waals surface area contributed by atoms with Crippen LogP contribution in [-0.2, 0) is 33.4 Å². The molecule has 0 bridgehead atoms. The number of nitrogens with two attached hydrogens (primary N) is 2. The molecule has 118 valence electrons. The van der Waals surface area contributed by atoms with E-state index in [4.69, 9.17) is 16.2 Å². The third-order valence-corrected chi connectivity index (χ3v) is 3.14. The Balaban J connectivity index is 2.42. The molecule has 1 aliphatic rings. The Hall–Kier alpha value is -1.14. The zero-order valence-corrected chi connectivity index (χ0v) is 12.4. The van der Waals surface area contributed by atoms with Crippen molar-refractivity contribution < 1.29 is 33.4 Å². The Kier molecular flexibility index (Phi) is 6.61. The molecule has 2 unspecified atom stereocenters. The Bertz CT molecular complexity index is 419. The van der Waals surface area contributed by atoms with E-state index in [0.29, 0.717) is 0 Å². The number of hydrogen-bond acceptors (Lipinski definition) is 11. The van der Waals surface area contributed by atoms with Gasteiger partial charge >= 0.3 is 23.9 Å². The lowest BCUT2D eigenvalue weighted by Crippen LogP contribution is -2.38. The molecule has 0 spiro atoms. The molecule has 0 aliphatic carbocycles. The first-order valence-electron chi connectivity index (χ1n) is 5.71. The second-order valence-corrected chi connectivity index (χ2v) is 4.77. The van der Waals surface area contributed by atoms with Gasteiger partial charge in [0.05, 0.1) is 0 Å². The maximum Gasteiger partial charge on any atom is 0.346 e. The molecule has 4 atom stereocenters. The van der Waals surface area contributed by atoms with Gasteiger partial charge in [-0.1, -0.05) is 0 Å². The van der Waals surface area contributed by atoms with E-state index in [1.807, 2.05) is 0 Å². The monoisotopic (exact) mass is 338 g/mol. The quantitative estimate of drug-likeness (QED) is 0.177. The lowest BCUT2D eigenvalue weighted by molar-refractivity contribution is -0.163. The van der Waals surface area contributed by atoms with Crippen molar-refractivity contribution in [3.05, 3.63) is 0 Å². The minimum atomic E-state index is -1.31. The van der Waals surface area contributed by atoms with Crippen molar-refractivity contribution in [1.29, 1.82) is 0 Å². The van der Waals surface area contributed by atoms with Gasteiger partial charge in [-0.05, 0) is 0 Å². The van der Waals surface area contributed by atoms with Gasteiger partial charge in [0.25, 0.3) is 0 Å². The van der Waals surface area contributed by atoms with Gasteiger partial charge < -0.3 is 25.7 Å². The van der Waals surface area contributed by atoms with Crippen LogP contribution in [0.4, 0.5) is 0 Å². The summed E-state index contributed by atoms with van der Waals surface area (Å²) in [6.07, 6.45) is -2.62. The third-order valence-electron chi connectivity index (χ3n) is 2.36. The summed E-state index contributed by atoms with van der Waals surface area (Å²) in [5.74, 6) is -4.20. The fraction of sp³-hybridized carbons (Fsp3) is 0.600. The van der Waals surface area contributed by atoms with Crippen LogP contribution in [0, 0.1) is 0 Å². The summed E-state index contributed by atoms with van der Waals surface area (Å²) in [6, 6.07) is -2.15. The molecular formula is C10H14N2O7S2. The molecule has 0 aromatic rings. The minimum Gasteiger partial charge on any atom is -0.390 e. The zero-order chi connectivity index (χ0) is 16.2. The highest BCUT2D eigenvalue weighted by Crippen LogP contribution is 2.25.